The summed E-state index contributed by atoms with van der Waals surface area (Å²) < 4.78 is 13.9. The Hall–Kier alpha value is -7.16. The number of hydrogen-bond acceptors (Lipinski definition) is 2. The molecule has 0 radical (unpaired) electrons. The van der Waals surface area contributed by atoms with Gasteiger partial charge in [0.2, 0.25) is 0 Å². The Balaban J connectivity index is 1.16. The molecule has 0 bridgehead atoms. The lowest BCUT2D eigenvalue weighted by Gasteiger charge is -2.31. The van der Waals surface area contributed by atoms with E-state index in [4.69, 9.17) is 9.47 Å². The summed E-state index contributed by atoms with van der Waals surface area (Å²) in [5, 5.41) is 9.74. The van der Waals surface area contributed by atoms with Crippen LogP contribution in [0.15, 0.2) is 194 Å². The minimum atomic E-state index is -0.469. The highest BCUT2D eigenvalue weighted by Gasteiger charge is 2.30. The molecule has 1 aliphatic rings. The SMILES string of the molecule is CCOc1c(-c2ccc3ccccc3c2)cc(C(C)(C)c2cc(-c3ccc4ccccc4c3)c(OCCC3CCC3)c(-c3ccc4ccccc4c3)c2)cc1-c1ccc2ccccc2c1. The van der Waals surface area contributed by atoms with Gasteiger partial charge in [-0.2, -0.15) is 0 Å². The first-order chi connectivity index (χ1) is 31.9. The lowest BCUT2D eigenvalue weighted by atomic mass is 9.74. The molecule has 0 spiro atoms. The zero-order chi connectivity index (χ0) is 43.9. The highest BCUT2D eigenvalue weighted by Crippen LogP contribution is 2.49. The van der Waals surface area contributed by atoms with Gasteiger partial charge in [-0.15, -0.1) is 0 Å². The van der Waals surface area contributed by atoms with Crippen LogP contribution in [-0.2, 0) is 5.41 Å². The predicted octanol–water partition coefficient (Wildman–Crippen LogP) is 17.3. The first-order valence-electron chi connectivity index (χ1n) is 23.5. The van der Waals surface area contributed by atoms with E-state index < -0.39 is 5.41 Å². The third-order valence-electron chi connectivity index (χ3n) is 14.1. The Morgan fingerprint density at radius 2 is 0.723 bits per heavy atom. The average Bonchev–Trinajstić information content (AvgIpc) is 3.34. The molecule has 1 saturated carbocycles. The lowest BCUT2D eigenvalue weighted by molar-refractivity contribution is 0.223. The molecular weight excluding hydrogens is 789 g/mol. The molecule has 2 heteroatoms. The number of benzene rings is 10. The molecule has 0 N–H and O–H groups in total. The minimum absolute atomic E-state index is 0.469. The molecule has 0 heterocycles. The van der Waals surface area contributed by atoms with Crippen molar-refractivity contribution in [1.29, 1.82) is 0 Å². The van der Waals surface area contributed by atoms with Crippen molar-refractivity contribution in [2.45, 2.75) is 51.9 Å². The highest BCUT2D eigenvalue weighted by molar-refractivity contribution is 5.96. The monoisotopic (exact) mass is 842 g/mol. The Morgan fingerprint density at radius 1 is 0.400 bits per heavy atom. The average molecular weight is 843 g/mol. The van der Waals surface area contributed by atoms with E-state index in [2.05, 4.69) is 215 Å². The minimum Gasteiger partial charge on any atom is -0.493 e. The molecule has 318 valence electrons. The van der Waals surface area contributed by atoms with Gasteiger partial charge in [0.1, 0.15) is 11.5 Å². The molecule has 10 aromatic rings. The number of rotatable bonds is 12. The van der Waals surface area contributed by atoms with E-state index in [0.717, 1.165) is 68.3 Å². The Morgan fingerprint density at radius 3 is 1.03 bits per heavy atom. The maximum absolute atomic E-state index is 7.13. The molecule has 10 aromatic carbocycles. The van der Waals surface area contributed by atoms with E-state index in [-0.39, 0.29) is 0 Å². The summed E-state index contributed by atoms with van der Waals surface area (Å²) in [7, 11) is 0. The normalized spacial score (nSPS) is 13.1. The van der Waals surface area contributed by atoms with Crippen LogP contribution in [-0.4, -0.2) is 13.2 Å². The number of ether oxygens (including phenoxy) is 2. The van der Waals surface area contributed by atoms with Crippen LogP contribution >= 0.6 is 0 Å². The summed E-state index contributed by atoms with van der Waals surface area (Å²) in [6, 6.07) is 71.6. The lowest BCUT2D eigenvalue weighted by Crippen LogP contribution is -2.20. The van der Waals surface area contributed by atoms with Crippen LogP contribution in [0.1, 0.15) is 57.6 Å². The molecular formula is C63H54O2. The topological polar surface area (TPSA) is 18.5 Å². The first kappa shape index (κ1) is 40.6. The van der Waals surface area contributed by atoms with Gasteiger partial charge in [0, 0.05) is 27.7 Å². The van der Waals surface area contributed by atoms with Crippen LogP contribution < -0.4 is 9.47 Å². The second-order valence-corrected chi connectivity index (χ2v) is 18.5. The summed E-state index contributed by atoms with van der Waals surface area (Å²) in [4.78, 5) is 0. The van der Waals surface area contributed by atoms with Crippen LogP contribution in [0.5, 0.6) is 11.5 Å². The highest BCUT2D eigenvalue weighted by atomic mass is 16.5. The van der Waals surface area contributed by atoms with Gasteiger partial charge in [-0.3, -0.25) is 0 Å². The summed E-state index contributed by atoms with van der Waals surface area (Å²) >= 11 is 0. The molecule has 0 aliphatic heterocycles. The summed E-state index contributed by atoms with van der Waals surface area (Å²) in [5.74, 6) is 2.60. The fourth-order valence-corrected chi connectivity index (χ4v) is 10.00. The standard InChI is InChI=1S/C63H54O2/c1-4-64-61-57(51-28-24-43-16-5-9-20-47(43)34-51)38-55(39-58(61)52-29-25-44-17-6-10-21-48(44)35-52)63(2,3)56-40-59(53-30-26-45-18-7-11-22-49(45)36-53)62(65-33-32-42-14-13-15-42)60(41-56)54-31-27-46-19-8-12-23-50(46)37-54/h5-12,16-31,34-42H,4,13-15,32-33H2,1-3H3. The van der Waals surface area contributed by atoms with Crippen molar-refractivity contribution in [2.24, 2.45) is 5.92 Å². The number of hydrogen-bond donors (Lipinski definition) is 0. The fraction of sp³-hybridized carbons (Fsp3) is 0.175. The summed E-state index contributed by atoms with van der Waals surface area (Å²) in [5.41, 5.74) is 11.0. The smallest absolute Gasteiger partial charge is 0.134 e. The van der Waals surface area contributed by atoms with E-state index in [1.165, 1.54) is 73.5 Å². The van der Waals surface area contributed by atoms with Gasteiger partial charge in [-0.1, -0.05) is 179 Å². The largest absolute Gasteiger partial charge is 0.493 e. The molecule has 0 atom stereocenters. The molecule has 65 heavy (non-hydrogen) atoms. The quantitative estimate of drug-likeness (QED) is 0.122. The van der Waals surface area contributed by atoms with E-state index in [1.807, 2.05) is 0 Å². The molecule has 0 aromatic heterocycles. The summed E-state index contributed by atoms with van der Waals surface area (Å²) in [6.45, 7) is 8.11. The molecule has 0 saturated heterocycles. The van der Waals surface area contributed by atoms with Crippen molar-refractivity contribution in [1.82, 2.24) is 0 Å². The molecule has 2 nitrogen and oxygen atoms in total. The van der Waals surface area contributed by atoms with Crippen LogP contribution in [0.25, 0.3) is 87.6 Å². The van der Waals surface area contributed by atoms with E-state index in [0.29, 0.717) is 13.2 Å². The van der Waals surface area contributed by atoms with Gasteiger partial charge in [-0.25, -0.2) is 0 Å². The van der Waals surface area contributed by atoms with Crippen molar-refractivity contribution in [3.05, 3.63) is 205 Å². The van der Waals surface area contributed by atoms with Crippen molar-refractivity contribution in [3.63, 3.8) is 0 Å². The molecule has 11 rings (SSSR count). The second-order valence-electron chi connectivity index (χ2n) is 18.5. The van der Waals surface area contributed by atoms with Gasteiger partial charge in [0.25, 0.3) is 0 Å². The summed E-state index contributed by atoms with van der Waals surface area (Å²) in [6.07, 6.45) is 5.00. The molecule has 0 unspecified atom stereocenters. The van der Waals surface area contributed by atoms with Crippen molar-refractivity contribution in [2.75, 3.05) is 13.2 Å². The van der Waals surface area contributed by atoms with Crippen LogP contribution in [0.4, 0.5) is 0 Å². The Kier molecular flexibility index (Phi) is 10.7. The van der Waals surface area contributed by atoms with Gasteiger partial charge >= 0.3 is 0 Å². The zero-order valence-corrected chi connectivity index (χ0v) is 37.6. The van der Waals surface area contributed by atoms with Gasteiger partial charge in [-0.05, 0) is 144 Å². The van der Waals surface area contributed by atoms with Crippen molar-refractivity contribution < 1.29 is 9.47 Å². The van der Waals surface area contributed by atoms with Gasteiger partial charge < -0.3 is 9.47 Å². The third-order valence-corrected chi connectivity index (χ3v) is 14.1. The van der Waals surface area contributed by atoms with Crippen LogP contribution in [0, 0.1) is 5.92 Å². The number of fused-ring (bicyclic) bond motifs is 4. The van der Waals surface area contributed by atoms with Gasteiger partial charge in [0.05, 0.1) is 13.2 Å². The Bertz CT molecular complexity index is 3190. The van der Waals surface area contributed by atoms with E-state index in [1.54, 1.807) is 0 Å². The molecule has 1 fully saturated rings. The third kappa shape index (κ3) is 7.82. The van der Waals surface area contributed by atoms with Crippen LogP contribution in [0.3, 0.4) is 0 Å². The fourth-order valence-electron chi connectivity index (χ4n) is 10.00. The maximum Gasteiger partial charge on any atom is 0.134 e. The Labute approximate surface area is 383 Å². The van der Waals surface area contributed by atoms with Gasteiger partial charge in [0.15, 0.2) is 0 Å². The predicted molar refractivity (Wildman–Crippen MR) is 275 cm³/mol. The van der Waals surface area contributed by atoms with Crippen LogP contribution in [0.2, 0.25) is 0 Å². The second kappa shape index (κ2) is 17.1. The zero-order valence-electron chi connectivity index (χ0n) is 37.6. The van der Waals surface area contributed by atoms with E-state index in [9.17, 15) is 0 Å². The maximum atomic E-state index is 7.13. The van der Waals surface area contributed by atoms with E-state index >= 15 is 0 Å². The van der Waals surface area contributed by atoms with Crippen molar-refractivity contribution >= 4 is 43.1 Å². The van der Waals surface area contributed by atoms with Crippen molar-refractivity contribution in [3.8, 4) is 56.0 Å². The molecule has 0 amide bonds. The molecule has 1 aliphatic carbocycles. The first-order valence-corrected chi connectivity index (χ1v) is 23.5.